The van der Waals surface area contributed by atoms with Crippen molar-refractivity contribution in [2.45, 2.75) is 6.61 Å². The quantitative estimate of drug-likeness (QED) is 0.800. The van der Waals surface area contributed by atoms with Gasteiger partial charge in [-0.1, -0.05) is 6.08 Å². The highest BCUT2D eigenvalue weighted by molar-refractivity contribution is 5.89. The number of carbonyl (C=O) groups excluding carboxylic acids is 1. The predicted octanol–water partition coefficient (Wildman–Crippen LogP) is 2.73. The van der Waals surface area contributed by atoms with Gasteiger partial charge < -0.3 is 15.4 Å². The highest BCUT2D eigenvalue weighted by atomic mass is 19.3. The molecule has 2 N–H and O–H groups in total. The summed E-state index contributed by atoms with van der Waals surface area (Å²) in [4.78, 5) is 11.2. The van der Waals surface area contributed by atoms with Crippen molar-refractivity contribution in [2.24, 2.45) is 0 Å². The van der Waals surface area contributed by atoms with Crippen molar-refractivity contribution in [1.82, 2.24) is 5.32 Å². The molecular formula is C11H11F3N2O2. The lowest BCUT2D eigenvalue weighted by Crippen LogP contribution is -2.28. The first-order valence-corrected chi connectivity index (χ1v) is 4.93. The van der Waals surface area contributed by atoms with Crippen LogP contribution < -0.4 is 15.4 Å². The number of carbonyl (C=O) groups is 1. The maximum absolute atomic E-state index is 13.3. The Morgan fingerprint density at radius 1 is 1.50 bits per heavy atom. The van der Waals surface area contributed by atoms with E-state index in [9.17, 15) is 18.0 Å². The Kier molecular flexibility index (Phi) is 5.04. The van der Waals surface area contributed by atoms with Gasteiger partial charge in [-0.25, -0.2) is 9.18 Å². The van der Waals surface area contributed by atoms with E-state index in [0.717, 1.165) is 12.1 Å². The minimum Gasteiger partial charge on any atom is -0.432 e. The Balaban J connectivity index is 2.66. The van der Waals surface area contributed by atoms with Crippen LogP contribution in [0.1, 0.15) is 0 Å². The largest absolute Gasteiger partial charge is 0.432 e. The maximum atomic E-state index is 13.3. The SMILES string of the molecule is C=CCNC(=O)Nc1ccc(OC(F)F)c(F)c1. The van der Waals surface area contributed by atoms with Crippen molar-refractivity contribution < 1.29 is 22.7 Å². The zero-order valence-electron chi connectivity index (χ0n) is 9.25. The van der Waals surface area contributed by atoms with E-state index in [1.54, 1.807) is 0 Å². The van der Waals surface area contributed by atoms with Crippen LogP contribution in [-0.4, -0.2) is 19.2 Å². The molecule has 1 aromatic rings. The fraction of sp³-hybridized carbons (Fsp3) is 0.182. The average Bonchev–Trinajstić information content (AvgIpc) is 2.29. The van der Waals surface area contributed by atoms with Crippen LogP contribution in [0, 0.1) is 5.82 Å². The Morgan fingerprint density at radius 3 is 2.78 bits per heavy atom. The summed E-state index contributed by atoms with van der Waals surface area (Å²) in [5.41, 5.74) is 0.121. The van der Waals surface area contributed by atoms with Crippen molar-refractivity contribution in [3.05, 3.63) is 36.7 Å². The van der Waals surface area contributed by atoms with E-state index in [1.807, 2.05) is 0 Å². The molecule has 0 aromatic heterocycles. The molecule has 2 amide bonds. The van der Waals surface area contributed by atoms with E-state index >= 15 is 0 Å². The van der Waals surface area contributed by atoms with Gasteiger partial charge in [0.1, 0.15) is 0 Å². The third-order valence-electron chi connectivity index (χ3n) is 1.81. The van der Waals surface area contributed by atoms with Gasteiger partial charge in [0.15, 0.2) is 11.6 Å². The molecule has 0 heterocycles. The molecule has 0 fully saturated rings. The number of hydrogen-bond donors (Lipinski definition) is 2. The van der Waals surface area contributed by atoms with E-state index in [-0.39, 0.29) is 12.2 Å². The number of rotatable bonds is 5. The molecule has 0 bridgehead atoms. The lowest BCUT2D eigenvalue weighted by Gasteiger charge is -2.09. The number of hydrogen-bond acceptors (Lipinski definition) is 2. The molecule has 0 aliphatic rings. The van der Waals surface area contributed by atoms with Gasteiger partial charge in [-0.2, -0.15) is 8.78 Å². The fourth-order valence-electron chi connectivity index (χ4n) is 1.11. The van der Waals surface area contributed by atoms with Crippen LogP contribution in [0.5, 0.6) is 5.75 Å². The third kappa shape index (κ3) is 4.36. The number of amides is 2. The molecule has 1 rings (SSSR count). The highest BCUT2D eigenvalue weighted by Gasteiger charge is 2.11. The Hall–Kier alpha value is -2.18. The normalized spacial score (nSPS) is 10.0. The molecule has 0 saturated carbocycles. The first-order chi connectivity index (χ1) is 8.52. The number of alkyl halides is 2. The van der Waals surface area contributed by atoms with Crippen LogP contribution in [-0.2, 0) is 0 Å². The molecule has 18 heavy (non-hydrogen) atoms. The second kappa shape index (κ2) is 6.53. The van der Waals surface area contributed by atoms with Crippen LogP contribution in [0.3, 0.4) is 0 Å². The van der Waals surface area contributed by atoms with Crippen LogP contribution in [0.4, 0.5) is 23.7 Å². The summed E-state index contributed by atoms with van der Waals surface area (Å²) in [6.45, 7) is 0.551. The smallest absolute Gasteiger partial charge is 0.387 e. The Bertz CT molecular complexity index is 438. The summed E-state index contributed by atoms with van der Waals surface area (Å²) < 4.78 is 40.9. The van der Waals surface area contributed by atoms with Crippen molar-refractivity contribution in [2.75, 3.05) is 11.9 Å². The topological polar surface area (TPSA) is 50.4 Å². The number of ether oxygens (including phenoxy) is 1. The minimum atomic E-state index is -3.10. The number of benzene rings is 1. The maximum Gasteiger partial charge on any atom is 0.387 e. The number of nitrogens with one attached hydrogen (secondary N) is 2. The van der Waals surface area contributed by atoms with Gasteiger partial charge in [-0.05, 0) is 12.1 Å². The van der Waals surface area contributed by atoms with E-state index in [4.69, 9.17) is 0 Å². The third-order valence-corrected chi connectivity index (χ3v) is 1.81. The second-order valence-corrected chi connectivity index (χ2v) is 3.15. The van der Waals surface area contributed by atoms with Crippen LogP contribution in [0.2, 0.25) is 0 Å². The number of anilines is 1. The summed E-state index contributed by atoms with van der Waals surface area (Å²) in [6, 6.07) is 2.57. The fourth-order valence-corrected chi connectivity index (χ4v) is 1.11. The van der Waals surface area contributed by atoms with Crippen LogP contribution in [0.25, 0.3) is 0 Å². The summed E-state index contributed by atoms with van der Waals surface area (Å²) in [7, 11) is 0. The molecule has 1 aromatic carbocycles. The second-order valence-electron chi connectivity index (χ2n) is 3.15. The molecule has 4 nitrogen and oxygen atoms in total. The molecule has 0 radical (unpaired) electrons. The molecule has 0 spiro atoms. The zero-order chi connectivity index (χ0) is 13.5. The lowest BCUT2D eigenvalue weighted by molar-refractivity contribution is -0.0521. The summed E-state index contributed by atoms with van der Waals surface area (Å²) in [6.07, 6.45) is 1.47. The summed E-state index contributed by atoms with van der Waals surface area (Å²) in [5, 5.41) is 4.72. The number of halogens is 3. The van der Waals surface area contributed by atoms with Crippen molar-refractivity contribution >= 4 is 11.7 Å². The van der Waals surface area contributed by atoms with Gasteiger partial charge in [0.05, 0.1) is 0 Å². The Labute approximate surface area is 101 Å². The predicted molar refractivity (Wildman–Crippen MR) is 60.3 cm³/mol. The molecular weight excluding hydrogens is 249 g/mol. The van der Waals surface area contributed by atoms with Gasteiger partial charge in [0.25, 0.3) is 0 Å². The monoisotopic (exact) mass is 260 g/mol. The molecule has 0 aliphatic carbocycles. The van der Waals surface area contributed by atoms with Gasteiger partial charge in [0, 0.05) is 18.3 Å². The van der Waals surface area contributed by atoms with Gasteiger partial charge in [0.2, 0.25) is 0 Å². The summed E-state index contributed by atoms with van der Waals surface area (Å²) >= 11 is 0. The minimum absolute atomic E-state index is 0.121. The first-order valence-electron chi connectivity index (χ1n) is 4.93. The Morgan fingerprint density at radius 2 is 2.22 bits per heavy atom. The van der Waals surface area contributed by atoms with Crippen LogP contribution in [0.15, 0.2) is 30.9 Å². The van der Waals surface area contributed by atoms with E-state index < -0.39 is 24.2 Å². The number of urea groups is 1. The molecule has 0 saturated heterocycles. The first kappa shape index (κ1) is 13.9. The van der Waals surface area contributed by atoms with Gasteiger partial charge in [-0.3, -0.25) is 0 Å². The van der Waals surface area contributed by atoms with Crippen molar-refractivity contribution in [1.29, 1.82) is 0 Å². The molecule has 98 valence electrons. The average molecular weight is 260 g/mol. The van der Waals surface area contributed by atoms with Crippen molar-refractivity contribution in [3.8, 4) is 5.75 Å². The molecule has 7 heteroatoms. The van der Waals surface area contributed by atoms with E-state index in [0.29, 0.717) is 0 Å². The standard InChI is InChI=1S/C11H11F3N2O2/c1-2-5-15-11(17)16-7-3-4-9(8(12)6-7)18-10(13)14/h2-4,6,10H,1,5H2,(H2,15,16,17). The van der Waals surface area contributed by atoms with Crippen LogP contribution >= 0.6 is 0 Å². The molecule has 0 unspecified atom stereocenters. The lowest BCUT2D eigenvalue weighted by atomic mass is 10.3. The van der Waals surface area contributed by atoms with Gasteiger partial charge >= 0.3 is 12.6 Å². The van der Waals surface area contributed by atoms with E-state index in [2.05, 4.69) is 21.9 Å². The molecule has 0 atom stereocenters. The zero-order valence-corrected chi connectivity index (χ0v) is 9.25. The summed E-state index contributed by atoms with van der Waals surface area (Å²) in [5.74, 6) is -1.57. The van der Waals surface area contributed by atoms with Gasteiger partial charge in [-0.15, -0.1) is 6.58 Å². The van der Waals surface area contributed by atoms with Crippen molar-refractivity contribution in [3.63, 3.8) is 0 Å². The van der Waals surface area contributed by atoms with E-state index in [1.165, 1.54) is 12.1 Å². The molecule has 0 aliphatic heterocycles. The highest BCUT2D eigenvalue weighted by Crippen LogP contribution is 2.22.